The maximum Gasteiger partial charge on any atom is 0.261 e. The number of thiophene rings is 1. The summed E-state index contributed by atoms with van der Waals surface area (Å²) in [6.45, 7) is 4.06. The van der Waals surface area contributed by atoms with Crippen molar-refractivity contribution in [2.45, 2.75) is 26.3 Å². The van der Waals surface area contributed by atoms with Crippen molar-refractivity contribution in [2.24, 2.45) is 0 Å². The van der Waals surface area contributed by atoms with Gasteiger partial charge in [0.25, 0.3) is 5.91 Å². The quantitative estimate of drug-likeness (QED) is 0.877. The lowest BCUT2D eigenvalue weighted by atomic mass is 10.2. The summed E-state index contributed by atoms with van der Waals surface area (Å²) < 4.78 is 0. The topological polar surface area (TPSA) is 29.1 Å². The van der Waals surface area contributed by atoms with Crippen molar-refractivity contribution in [3.63, 3.8) is 0 Å². The molecule has 2 aromatic rings. The molecule has 4 heteroatoms. The van der Waals surface area contributed by atoms with E-state index < -0.39 is 0 Å². The molecule has 1 atom stereocenters. The van der Waals surface area contributed by atoms with Gasteiger partial charge in [-0.05, 0) is 43.2 Å². The Hall–Kier alpha value is -1.32. The van der Waals surface area contributed by atoms with E-state index in [1.54, 1.807) is 0 Å². The molecule has 1 aromatic carbocycles. The van der Waals surface area contributed by atoms with Gasteiger partial charge >= 0.3 is 0 Å². The Kier molecular flexibility index (Phi) is 4.61. The molecular weight excluding hydrogens is 278 g/mol. The number of halogens is 1. The van der Waals surface area contributed by atoms with Gasteiger partial charge in [0.05, 0.1) is 4.88 Å². The van der Waals surface area contributed by atoms with Crippen LogP contribution in [0.4, 0.5) is 0 Å². The molecule has 1 aromatic heterocycles. The third-order valence-electron chi connectivity index (χ3n) is 2.95. The van der Waals surface area contributed by atoms with Gasteiger partial charge in [0.2, 0.25) is 0 Å². The summed E-state index contributed by atoms with van der Waals surface area (Å²) in [6, 6.07) is 11.7. The van der Waals surface area contributed by atoms with Crippen LogP contribution in [0.2, 0.25) is 5.02 Å². The molecule has 19 heavy (non-hydrogen) atoms. The normalized spacial score (nSPS) is 12.2. The fraction of sp³-hybridized carbons (Fsp3) is 0.267. The standard InChI is InChI=1S/C15H16ClNOS/c1-3-10(2)17-15(18)14-9-8-13(19-14)11-4-6-12(16)7-5-11/h4-10H,3H2,1-2H3,(H,17,18)/t10-/m1/s1. The molecule has 1 heterocycles. The molecular formula is C15H16ClNOS. The van der Waals surface area contributed by atoms with E-state index >= 15 is 0 Å². The highest BCUT2D eigenvalue weighted by Gasteiger charge is 2.11. The Balaban J connectivity index is 2.15. The maximum absolute atomic E-state index is 12.0. The van der Waals surface area contributed by atoms with Crippen molar-refractivity contribution in [1.82, 2.24) is 5.32 Å². The lowest BCUT2D eigenvalue weighted by Crippen LogP contribution is -2.31. The van der Waals surface area contributed by atoms with Crippen LogP contribution in [0.15, 0.2) is 36.4 Å². The maximum atomic E-state index is 12.0. The Morgan fingerprint density at radius 2 is 1.95 bits per heavy atom. The van der Waals surface area contributed by atoms with Crippen molar-refractivity contribution in [3.05, 3.63) is 46.3 Å². The van der Waals surface area contributed by atoms with Crippen LogP contribution in [0.3, 0.4) is 0 Å². The molecule has 0 radical (unpaired) electrons. The minimum absolute atomic E-state index is 0.000404. The van der Waals surface area contributed by atoms with Crippen LogP contribution >= 0.6 is 22.9 Å². The third kappa shape index (κ3) is 3.58. The molecule has 0 spiro atoms. The van der Waals surface area contributed by atoms with Gasteiger partial charge in [-0.1, -0.05) is 30.7 Å². The van der Waals surface area contributed by atoms with E-state index in [9.17, 15) is 4.79 Å². The monoisotopic (exact) mass is 293 g/mol. The molecule has 0 aliphatic carbocycles. The Bertz CT molecular complexity index is 562. The lowest BCUT2D eigenvalue weighted by Gasteiger charge is -2.09. The molecule has 100 valence electrons. The second kappa shape index (κ2) is 6.22. The highest BCUT2D eigenvalue weighted by Crippen LogP contribution is 2.29. The first-order chi connectivity index (χ1) is 9.10. The second-order valence-corrected chi connectivity index (χ2v) is 5.97. The Morgan fingerprint density at radius 1 is 1.26 bits per heavy atom. The number of carbonyl (C=O) groups is 1. The zero-order valence-electron chi connectivity index (χ0n) is 10.9. The van der Waals surface area contributed by atoms with Crippen LogP contribution in [0.25, 0.3) is 10.4 Å². The van der Waals surface area contributed by atoms with Gasteiger partial charge in [-0.25, -0.2) is 0 Å². The van der Waals surface area contributed by atoms with E-state index in [4.69, 9.17) is 11.6 Å². The highest BCUT2D eigenvalue weighted by molar-refractivity contribution is 7.17. The van der Waals surface area contributed by atoms with E-state index in [1.807, 2.05) is 43.3 Å². The summed E-state index contributed by atoms with van der Waals surface area (Å²) in [5.41, 5.74) is 1.08. The molecule has 2 rings (SSSR count). The zero-order valence-corrected chi connectivity index (χ0v) is 12.5. The molecule has 0 bridgehead atoms. The average Bonchev–Trinajstić information content (AvgIpc) is 2.89. The Morgan fingerprint density at radius 3 is 2.58 bits per heavy atom. The number of carbonyl (C=O) groups excluding carboxylic acids is 1. The number of amides is 1. The predicted octanol–water partition coefficient (Wildman–Crippen LogP) is 4.60. The number of nitrogens with one attached hydrogen (secondary N) is 1. The molecule has 0 aliphatic heterocycles. The molecule has 0 unspecified atom stereocenters. The van der Waals surface area contributed by atoms with Crippen molar-refractivity contribution >= 4 is 28.8 Å². The third-order valence-corrected chi connectivity index (χ3v) is 4.33. The van der Waals surface area contributed by atoms with Crippen molar-refractivity contribution in [3.8, 4) is 10.4 Å². The average molecular weight is 294 g/mol. The number of benzene rings is 1. The lowest BCUT2D eigenvalue weighted by molar-refractivity contribution is 0.0943. The van der Waals surface area contributed by atoms with Crippen LogP contribution in [0.5, 0.6) is 0 Å². The molecule has 0 fully saturated rings. The molecule has 1 amide bonds. The van der Waals surface area contributed by atoms with Gasteiger partial charge in [-0.3, -0.25) is 4.79 Å². The van der Waals surface area contributed by atoms with E-state index in [1.165, 1.54) is 11.3 Å². The second-order valence-electron chi connectivity index (χ2n) is 4.45. The van der Waals surface area contributed by atoms with Gasteiger partial charge in [0.1, 0.15) is 0 Å². The van der Waals surface area contributed by atoms with E-state index in [-0.39, 0.29) is 11.9 Å². The van der Waals surface area contributed by atoms with Gasteiger partial charge in [0.15, 0.2) is 0 Å². The first-order valence-corrected chi connectivity index (χ1v) is 7.46. The van der Waals surface area contributed by atoms with Gasteiger partial charge in [-0.2, -0.15) is 0 Å². The van der Waals surface area contributed by atoms with Crippen LogP contribution < -0.4 is 5.32 Å². The largest absolute Gasteiger partial charge is 0.349 e. The Labute approximate surface area is 122 Å². The smallest absolute Gasteiger partial charge is 0.261 e. The van der Waals surface area contributed by atoms with E-state index in [2.05, 4.69) is 12.2 Å². The van der Waals surface area contributed by atoms with E-state index in [0.717, 1.165) is 26.8 Å². The molecule has 2 nitrogen and oxygen atoms in total. The molecule has 0 saturated carbocycles. The fourth-order valence-electron chi connectivity index (χ4n) is 1.63. The minimum Gasteiger partial charge on any atom is -0.349 e. The van der Waals surface area contributed by atoms with E-state index in [0.29, 0.717) is 0 Å². The summed E-state index contributed by atoms with van der Waals surface area (Å²) in [7, 11) is 0. The predicted molar refractivity (Wildman–Crippen MR) is 82.0 cm³/mol. The zero-order chi connectivity index (χ0) is 13.8. The van der Waals surface area contributed by atoms with Crippen molar-refractivity contribution in [2.75, 3.05) is 0 Å². The summed E-state index contributed by atoms with van der Waals surface area (Å²) in [6.07, 6.45) is 0.932. The van der Waals surface area contributed by atoms with Gasteiger partial charge < -0.3 is 5.32 Å². The molecule has 0 saturated heterocycles. The van der Waals surface area contributed by atoms with Crippen LogP contribution in [-0.2, 0) is 0 Å². The summed E-state index contributed by atoms with van der Waals surface area (Å²) in [4.78, 5) is 13.8. The number of hydrogen-bond acceptors (Lipinski definition) is 2. The van der Waals surface area contributed by atoms with Crippen molar-refractivity contribution < 1.29 is 4.79 Å². The first kappa shape index (κ1) is 14.1. The van der Waals surface area contributed by atoms with Gasteiger partial charge in [0, 0.05) is 15.9 Å². The SMILES string of the molecule is CC[C@@H](C)NC(=O)c1ccc(-c2ccc(Cl)cc2)s1. The highest BCUT2D eigenvalue weighted by atomic mass is 35.5. The fourth-order valence-corrected chi connectivity index (χ4v) is 2.67. The summed E-state index contributed by atoms with van der Waals surface area (Å²) >= 11 is 7.36. The minimum atomic E-state index is -0.000404. The first-order valence-electron chi connectivity index (χ1n) is 6.26. The van der Waals surface area contributed by atoms with Gasteiger partial charge in [-0.15, -0.1) is 11.3 Å². The van der Waals surface area contributed by atoms with Crippen molar-refractivity contribution in [1.29, 1.82) is 0 Å². The summed E-state index contributed by atoms with van der Waals surface area (Å²) in [5.74, 6) is -0.000404. The number of hydrogen-bond donors (Lipinski definition) is 1. The summed E-state index contributed by atoms with van der Waals surface area (Å²) in [5, 5.41) is 3.69. The molecule has 1 N–H and O–H groups in total. The van der Waals surface area contributed by atoms with Crippen LogP contribution in [0, 0.1) is 0 Å². The molecule has 0 aliphatic rings. The van der Waals surface area contributed by atoms with Crippen LogP contribution in [0.1, 0.15) is 29.9 Å². The van der Waals surface area contributed by atoms with Crippen LogP contribution in [-0.4, -0.2) is 11.9 Å². The number of rotatable bonds is 4.